The molecule has 0 spiro atoms. The summed E-state index contributed by atoms with van der Waals surface area (Å²) in [4.78, 5) is 32.4. The summed E-state index contributed by atoms with van der Waals surface area (Å²) in [7, 11) is 0. The largest absolute Gasteiger partial charge is 0.381 e. The third kappa shape index (κ3) is 4.89. The summed E-state index contributed by atoms with van der Waals surface area (Å²) in [5.41, 5.74) is 1.62. The molecule has 2 N–H and O–H groups in total. The van der Waals surface area contributed by atoms with E-state index in [0.29, 0.717) is 37.3 Å². The zero-order chi connectivity index (χ0) is 22.9. The molecule has 170 valence electrons. The molecular weight excluding hydrogens is 428 g/mol. The van der Waals surface area contributed by atoms with Crippen LogP contribution in [0.25, 0.3) is 0 Å². The SMILES string of the molecule is CC(C)(O)C(=O)N1CCC(c2ccc(NC(=O)N3CC(c4cccnc4Cl)C3)cc2)CC1. The fraction of sp³-hybridized carbons (Fsp3) is 0.458. The summed E-state index contributed by atoms with van der Waals surface area (Å²) in [5, 5.41) is 13.4. The number of carbonyl (C=O) groups is 2. The molecule has 2 aliphatic heterocycles. The maximum atomic E-state index is 12.5. The Morgan fingerprint density at radius 1 is 1.06 bits per heavy atom. The van der Waals surface area contributed by atoms with E-state index in [-0.39, 0.29) is 17.9 Å². The van der Waals surface area contributed by atoms with Crippen molar-refractivity contribution < 1.29 is 14.7 Å². The molecule has 0 unspecified atom stereocenters. The van der Waals surface area contributed by atoms with E-state index in [1.807, 2.05) is 36.4 Å². The number of anilines is 1. The van der Waals surface area contributed by atoms with Crippen LogP contribution >= 0.6 is 11.6 Å². The Hall–Kier alpha value is -2.64. The summed E-state index contributed by atoms with van der Waals surface area (Å²) < 4.78 is 0. The van der Waals surface area contributed by atoms with E-state index in [9.17, 15) is 14.7 Å². The molecule has 2 saturated heterocycles. The molecule has 8 heteroatoms. The van der Waals surface area contributed by atoms with E-state index in [0.717, 1.165) is 24.1 Å². The molecule has 3 heterocycles. The first-order valence-corrected chi connectivity index (χ1v) is 11.4. The third-order valence-corrected chi connectivity index (χ3v) is 6.65. The van der Waals surface area contributed by atoms with Crippen molar-refractivity contribution in [1.82, 2.24) is 14.8 Å². The fourth-order valence-corrected chi connectivity index (χ4v) is 4.66. The van der Waals surface area contributed by atoms with Gasteiger partial charge in [-0.1, -0.05) is 29.8 Å². The first kappa shape index (κ1) is 22.6. The number of halogens is 1. The van der Waals surface area contributed by atoms with Gasteiger partial charge in [0.15, 0.2) is 0 Å². The van der Waals surface area contributed by atoms with Crippen LogP contribution in [-0.4, -0.2) is 63.6 Å². The Kier molecular flexibility index (Phi) is 6.40. The highest BCUT2D eigenvalue weighted by Crippen LogP contribution is 2.32. The number of amides is 3. The molecule has 0 aliphatic carbocycles. The van der Waals surface area contributed by atoms with E-state index >= 15 is 0 Å². The Morgan fingerprint density at radius 3 is 2.31 bits per heavy atom. The molecule has 2 aliphatic rings. The predicted octanol–water partition coefficient (Wildman–Crippen LogP) is 3.84. The van der Waals surface area contributed by atoms with Crippen molar-refractivity contribution in [2.45, 2.75) is 44.1 Å². The van der Waals surface area contributed by atoms with Crippen LogP contribution in [0.2, 0.25) is 5.15 Å². The van der Waals surface area contributed by atoms with Gasteiger partial charge in [-0.15, -0.1) is 0 Å². The van der Waals surface area contributed by atoms with Gasteiger partial charge in [-0.05, 0) is 61.9 Å². The van der Waals surface area contributed by atoms with Crippen LogP contribution in [-0.2, 0) is 4.79 Å². The van der Waals surface area contributed by atoms with Crippen LogP contribution < -0.4 is 5.32 Å². The number of benzene rings is 1. The lowest BCUT2D eigenvalue weighted by atomic mass is 9.88. The van der Waals surface area contributed by atoms with Crippen molar-refractivity contribution in [3.05, 3.63) is 58.9 Å². The summed E-state index contributed by atoms with van der Waals surface area (Å²) >= 11 is 6.15. The number of piperidine rings is 1. The number of nitrogens with one attached hydrogen (secondary N) is 1. The molecule has 3 amide bonds. The van der Waals surface area contributed by atoms with Crippen molar-refractivity contribution >= 4 is 29.2 Å². The van der Waals surface area contributed by atoms with Crippen LogP contribution in [0.4, 0.5) is 10.5 Å². The first-order valence-electron chi connectivity index (χ1n) is 11.0. The minimum atomic E-state index is -1.33. The van der Waals surface area contributed by atoms with Gasteiger partial charge in [0.25, 0.3) is 5.91 Å². The molecule has 0 bridgehead atoms. The number of aromatic nitrogens is 1. The van der Waals surface area contributed by atoms with Crippen molar-refractivity contribution in [3.63, 3.8) is 0 Å². The van der Waals surface area contributed by atoms with Crippen LogP contribution in [0, 0.1) is 0 Å². The summed E-state index contributed by atoms with van der Waals surface area (Å²) in [6.07, 6.45) is 3.39. The van der Waals surface area contributed by atoms with E-state index < -0.39 is 5.60 Å². The molecule has 0 saturated carbocycles. The Labute approximate surface area is 193 Å². The zero-order valence-corrected chi connectivity index (χ0v) is 19.2. The van der Waals surface area contributed by atoms with Crippen molar-refractivity contribution in [2.75, 3.05) is 31.5 Å². The normalized spacial score (nSPS) is 17.8. The average molecular weight is 457 g/mol. The first-order chi connectivity index (χ1) is 15.2. The summed E-state index contributed by atoms with van der Waals surface area (Å²) in [6.45, 7) is 5.59. The second-order valence-electron chi connectivity index (χ2n) is 9.16. The van der Waals surface area contributed by atoms with Gasteiger partial charge < -0.3 is 20.2 Å². The van der Waals surface area contributed by atoms with Gasteiger partial charge in [0, 0.05) is 44.0 Å². The van der Waals surface area contributed by atoms with E-state index in [1.165, 1.54) is 19.4 Å². The molecule has 2 aromatic rings. The number of likely N-dealkylation sites (tertiary alicyclic amines) is 2. The summed E-state index contributed by atoms with van der Waals surface area (Å²) in [5.74, 6) is 0.373. The molecule has 4 rings (SSSR count). The number of aliphatic hydroxyl groups is 1. The van der Waals surface area contributed by atoms with E-state index in [4.69, 9.17) is 11.6 Å². The zero-order valence-electron chi connectivity index (χ0n) is 18.4. The number of hydrogen-bond acceptors (Lipinski definition) is 4. The van der Waals surface area contributed by atoms with Gasteiger partial charge in [0.05, 0.1) is 0 Å². The van der Waals surface area contributed by atoms with E-state index in [1.54, 1.807) is 16.0 Å². The molecular formula is C24H29ClN4O3. The number of pyridine rings is 1. The Bertz CT molecular complexity index is 975. The minimum Gasteiger partial charge on any atom is -0.381 e. The second-order valence-corrected chi connectivity index (χ2v) is 9.52. The van der Waals surface area contributed by atoms with Crippen LogP contribution in [0.5, 0.6) is 0 Å². The third-order valence-electron chi connectivity index (χ3n) is 6.34. The topological polar surface area (TPSA) is 85.8 Å². The highest BCUT2D eigenvalue weighted by Gasteiger charge is 2.34. The van der Waals surface area contributed by atoms with Crippen molar-refractivity contribution in [2.24, 2.45) is 0 Å². The molecule has 32 heavy (non-hydrogen) atoms. The lowest BCUT2D eigenvalue weighted by Crippen LogP contribution is -2.50. The highest BCUT2D eigenvalue weighted by atomic mass is 35.5. The van der Waals surface area contributed by atoms with Crippen LogP contribution in [0.1, 0.15) is 49.7 Å². The Morgan fingerprint density at radius 2 is 1.72 bits per heavy atom. The van der Waals surface area contributed by atoms with E-state index in [2.05, 4.69) is 10.3 Å². The van der Waals surface area contributed by atoms with Gasteiger partial charge >= 0.3 is 6.03 Å². The van der Waals surface area contributed by atoms with Gasteiger partial charge in [-0.3, -0.25) is 4.79 Å². The lowest BCUT2D eigenvalue weighted by Gasteiger charge is -2.39. The number of rotatable bonds is 4. The number of urea groups is 1. The average Bonchev–Trinajstić information content (AvgIpc) is 2.73. The molecule has 7 nitrogen and oxygen atoms in total. The van der Waals surface area contributed by atoms with Crippen LogP contribution in [0.3, 0.4) is 0 Å². The molecule has 1 aromatic heterocycles. The Balaban J connectivity index is 1.26. The van der Waals surface area contributed by atoms with Crippen molar-refractivity contribution in [1.29, 1.82) is 0 Å². The number of carbonyl (C=O) groups excluding carboxylic acids is 2. The van der Waals surface area contributed by atoms with Gasteiger partial charge in [-0.25, -0.2) is 9.78 Å². The maximum absolute atomic E-state index is 12.5. The fourth-order valence-electron chi connectivity index (χ4n) is 4.39. The van der Waals surface area contributed by atoms with Gasteiger partial charge in [0.2, 0.25) is 0 Å². The van der Waals surface area contributed by atoms with Crippen LogP contribution in [0.15, 0.2) is 42.6 Å². The minimum absolute atomic E-state index is 0.118. The smallest absolute Gasteiger partial charge is 0.321 e. The quantitative estimate of drug-likeness (QED) is 0.684. The maximum Gasteiger partial charge on any atom is 0.321 e. The van der Waals surface area contributed by atoms with Gasteiger partial charge in [-0.2, -0.15) is 0 Å². The lowest BCUT2D eigenvalue weighted by molar-refractivity contribution is -0.148. The molecule has 0 radical (unpaired) electrons. The highest BCUT2D eigenvalue weighted by molar-refractivity contribution is 6.30. The number of hydrogen-bond donors (Lipinski definition) is 2. The van der Waals surface area contributed by atoms with Gasteiger partial charge in [0.1, 0.15) is 10.8 Å². The monoisotopic (exact) mass is 456 g/mol. The molecule has 2 fully saturated rings. The molecule has 0 atom stereocenters. The predicted molar refractivity (Wildman–Crippen MR) is 124 cm³/mol. The second kappa shape index (κ2) is 9.08. The van der Waals surface area contributed by atoms with Crippen molar-refractivity contribution in [3.8, 4) is 0 Å². The summed E-state index contributed by atoms with van der Waals surface area (Å²) in [6, 6.07) is 11.6. The molecule has 1 aromatic carbocycles. The number of nitrogens with zero attached hydrogens (tertiary/aromatic N) is 3. The standard InChI is InChI=1S/C24H29ClN4O3/c1-24(2,32)22(30)28-12-9-17(10-13-28)16-5-7-19(8-6-16)27-23(31)29-14-18(15-29)20-4-3-11-26-21(20)25/h3-8,11,17-18,32H,9-10,12-15H2,1-2H3,(H,27,31).